The summed E-state index contributed by atoms with van der Waals surface area (Å²) in [7, 11) is 0. The lowest BCUT2D eigenvalue weighted by Gasteiger charge is -2.36. The summed E-state index contributed by atoms with van der Waals surface area (Å²) in [5.74, 6) is 0.714. The summed E-state index contributed by atoms with van der Waals surface area (Å²) < 4.78 is 5.79. The summed E-state index contributed by atoms with van der Waals surface area (Å²) in [6, 6.07) is 13.6. The summed E-state index contributed by atoms with van der Waals surface area (Å²) in [5, 5.41) is 6.41. The van der Waals surface area contributed by atoms with Crippen molar-refractivity contribution in [3.05, 3.63) is 60.4 Å². The predicted molar refractivity (Wildman–Crippen MR) is 111 cm³/mol. The standard InChI is InChI=1S/C19H24N4O2.2ClH/c1-15(16-6-3-2-4-7-16)22-19(24)23-11-10-21-12-17(23)14-25-18-8-5-9-20-13-18;;/h2-9,13,15,17,21H,10-12,14H2,1H3,(H,22,24);2*1H/t15-,17?;;/m1../s1. The summed E-state index contributed by atoms with van der Waals surface area (Å²) in [4.78, 5) is 18.6. The van der Waals surface area contributed by atoms with Gasteiger partial charge in [-0.05, 0) is 24.6 Å². The van der Waals surface area contributed by atoms with Crippen LogP contribution < -0.4 is 15.4 Å². The number of halogens is 2. The molecule has 2 amide bonds. The highest BCUT2D eigenvalue weighted by Gasteiger charge is 2.28. The summed E-state index contributed by atoms with van der Waals surface area (Å²) in [6.45, 7) is 4.60. The van der Waals surface area contributed by atoms with Gasteiger partial charge in [0.2, 0.25) is 0 Å². The lowest BCUT2D eigenvalue weighted by atomic mass is 10.1. The first-order chi connectivity index (χ1) is 12.2. The number of carbonyl (C=O) groups is 1. The molecule has 6 nitrogen and oxygen atoms in total. The second-order valence-corrected chi connectivity index (χ2v) is 6.13. The maximum Gasteiger partial charge on any atom is 0.318 e. The molecule has 1 unspecified atom stereocenters. The van der Waals surface area contributed by atoms with Gasteiger partial charge in [0.05, 0.1) is 18.3 Å². The summed E-state index contributed by atoms with van der Waals surface area (Å²) >= 11 is 0. The molecule has 1 aliphatic rings. The summed E-state index contributed by atoms with van der Waals surface area (Å²) in [5.41, 5.74) is 1.09. The van der Waals surface area contributed by atoms with Crippen molar-refractivity contribution in [2.45, 2.75) is 19.0 Å². The first-order valence-corrected chi connectivity index (χ1v) is 8.59. The Morgan fingerprint density at radius 1 is 1.30 bits per heavy atom. The number of urea groups is 1. The highest BCUT2D eigenvalue weighted by molar-refractivity contribution is 5.85. The molecule has 0 saturated carbocycles. The van der Waals surface area contributed by atoms with Gasteiger partial charge < -0.3 is 20.3 Å². The molecule has 2 aromatic rings. The number of ether oxygens (including phenoxy) is 1. The Bertz CT molecular complexity index is 676. The van der Waals surface area contributed by atoms with E-state index in [0.29, 0.717) is 25.4 Å². The number of nitrogens with one attached hydrogen (secondary N) is 2. The lowest BCUT2D eigenvalue weighted by Crippen LogP contribution is -2.58. The Hall–Kier alpha value is -2.02. The monoisotopic (exact) mass is 412 g/mol. The molecule has 2 heterocycles. The number of piperazine rings is 1. The van der Waals surface area contributed by atoms with Crippen LogP contribution in [0.2, 0.25) is 0 Å². The van der Waals surface area contributed by atoms with Gasteiger partial charge in [0.1, 0.15) is 12.4 Å². The van der Waals surface area contributed by atoms with Crippen LogP contribution >= 0.6 is 24.8 Å². The Morgan fingerprint density at radius 3 is 2.78 bits per heavy atom. The van der Waals surface area contributed by atoms with Crippen molar-refractivity contribution in [3.63, 3.8) is 0 Å². The van der Waals surface area contributed by atoms with Crippen molar-refractivity contribution in [1.29, 1.82) is 0 Å². The van der Waals surface area contributed by atoms with Crippen molar-refractivity contribution in [3.8, 4) is 5.75 Å². The molecule has 1 fully saturated rings. The van der Waals surface area contributed by atoms with Gasteiger partial charge >= 0.3 is 6.03 Å². The maximum atomic E-state index is 12.7. The van der Waals surface area contributed by atoms with Gasteiger partial charge in [-0.1, -0.05) is 30.3 Å². The maximum absolute atomic E-state index is 12.7. The molecule has 148 valence electrons. The lowest BCUT2D eigenvalue weighted by molar-refractivity contribution is 0.122. The quantitative estimate of drug-likeness (QED) is 0.791. The molecule has 0 spiro atoms. The number of amides is 2. The minimum atomic E-state index is -0.0577. The fourth-order valence-electron chi connectivity index (χ4n) is 2.90. The molecular weight excluding hydrogens is 387 g/mol. The zero-order valence-electron chi connectivity index (χ0n) is 15.2. The van der Waals surface area contributed by atoms with Gasteiger partial charge in [0, 0.05) is 25.8 Å². The van der Waals surface area contributed by atoms with Crippen molar-refractivity contribution in [1.82, 2.24) is 20.5 Å². The third-order valence-electron chi connectivity index (χ3n) is 4.33. The largest absolute Gasteiger partial charge is 0.490 e. The number of aromatic nitrogens is 1. The van der Waals surface area contributed by atoms with Crippen LogP contribution in [0.1, 0.15) is 18.5 Å². The van der Waals surface area contributed by atoms with E-state index in [4.69, 9.17) is 4.74 Å². The van der Waals surface area contributed by atoms with Gasteiger partial charge in [0.15, 0.2) is 0 Å². The first kappa shape index (κ1) is 23.0. The number of hydrogen-bond acceptors (Lipinski definition) is 4. The fraction of sp³-hybridized carbons (Fsp3) is 0.368. The molecule has 0 aliphatic carbocycles. The van der Waals surface area contributed by atoms with Crippen LogP contribution in [0.15, 0.2) is 54.9 Å². The molecule has 2 atom stereocenters. The average Bonchev–Trinajstić information content (AvgIpc) is 2.68. The Labute approximate surface area is 172 Å². The second kappa shape index (κ2) is 11.6. The fourth-order valence-corrected chi connectivity index (χ4v) is 2.90. The SMILES string of the molecule is C[C@@H](NC(=O)N1CCNCC1COc1cccnc1)c1ccccc1.Cl.Cl. The van der Waals surface area contributed by atoms with Crippen molar-refractivity contribution in [2.75, 3.05) is 26.2 Å². The molecule has 1 aliphatic heterocycles. The minimum absolute atomic E-state index is 0. The number of carbonyl (C=O) groups excluding carboxylic acids is 1. The van der Waals surface area contributed by atoms with E-state index in [1.165, 1.54) is 0 Å². The van der Waals surface area contributed by atoms with E-state index < -0.39 is 0 Å². The van der Waals surface area contributed by atoms with Crippen LogP contribution in [0.4, 0.5) is 4.79 Å². The molecular formula is C19H26Cl2N4O2. The smallest absolute Gasteiger partial charge is 0.318 e. The van der Waals surface area contributed by atoms with Gasteiger partial charge in [-0.2, -0.15) is 0 Å². The van der Waals surface area contributed by atoms with Crippen LogP contribution in [0.3, 0.4) is 0 Å². The normalized spacial score (nSPS) is 17.1. The van der Waals surface area contributed by atoms with E-state index in [-0.39, 0.29) is 42.9 Å². The molecule has 1 aromatic heterocycles. The Balaban J connectivity index is 0.00000182. The molecule has 3 rings (SSSR count). The van der Waals surface area contributed by atoms with Crippen LogP contribution in [-0.4, -0.2) is 48.2 Å². The highest BCUT2D eigenvalue weighted by Crippen LogP contribution is 2.14. The molecule has 1 aromatic carbocycles. The first-order valence-electron chi connectivity index (χ1n) is 8.59. The van der Waals surface area contributed by atoms with Crippen molar-refractivity contribution in [2.24, 2.45) is 0 Å². The van der Waals surface area contributed by atoms with E-state index in [1.807, 2.05) is 54.3 Å². The number of hydrogen-bond donors (Lipinski definition) is 2. The van der Waals surface area contributed by atoms with Crippen LogP contribution in [0.25, 0.3) is 0 Å². The van der Waals surface area contributed by atoms with E-state index in [9.17, 15) is 4.79 Å². The van der Waals surface area contributed by atoms with Crippen LogP contribution in [0, 0.1) is 0 Å². The predicted octanol–water partition coefficient (Wildman–Crippen LogP) is 3.05. The number of benzene rings is 1. The molecule has 0 radical (unpaired) electrons. The number of pyridine rings is 1. The number of nitrogens with zero attached hydrogens (tertiary/aromatic N) is 2. The second-order valence-electron chi connectivity index (χ2n) is 6.13. The Kier molecular flexibility index (Phi) is 9.93. The van der Waals surface area contributed by atoms with Gasteiger partial charge in [-0.15, -0.1) is 24.8 Å². The van der Waals surface area contributed by atoms with Crippen LogP contribution in [0.5, 0.6) is 5.75 Å². The zero-order valence-corrected chi connectivity index (χ0v) is 16.8. The van der Waals surface area contributed by atoms with Crippen molar-refractivity contribution >= 4 is 30.8 Å². The van der Waals surface area contributed by atoms with E-state index in [0.717, 1.165) is 12.1 Å². The molecule has 2 N–H and O–H groups in total. The van der Waals surface area contributed by atoms with Crippen molar-refractivity contribution < 1.29 is 9.53 Å². The van der Waals surface area contributed by atoms with E-state index in [1.54, 1.807) is 12.4 Å². The molecule has 8 heteroatoms. The van der Waals surface area contributed by atoms with Gasteiger partial charge in [-0.3, -0.25) is 4.98 Å². The molecule has 0 bridgehead atoms. The van der Waals surface area contributed by atoms with Gasteiger partial charge in [-0.25, -0.2) is 4.79 Å². The third kappa shape index (κ3) is 6.57. The highest BCUT2D eigenvalue weighted by atomic mass is 35.5. The molecule has 27 heavy (non-hydrogen) atoms. The zero-order chi connectivity index (χ0) is 17.5. The molecule has 1 saturated heterocycles. The average molecular weight is 413 g/mol. The van der Waals surface area contributed by atoms with Gasteiger partial charge in [0.25, 0.3) is 0 Å². The van der Waals surface area contributed by atoms with Crippen LogP contribution in [-0.2, 0) is 0 Å². The minimum Gasteiger partial charge on any atom is -0.490 e. The topological polar surface area (TPSA) is 66.5 Å². The van der Waals surface area contributed by atoms with E-state index in [2.05, 4.69) is 15.6 Å². The van der Waals surface area contributed by atoms with E-state index >= 15 is 0 Å². The summed E-state index contributed by atoms with van der Waals surface area (Å²) in [6.07, 6.45) is 3.39. The Morgan fingerprint density at radius 2 is 2.07 bits per heavy atom. The third-order valence-corrected chi connectivity index (χ3v) is 4.33. The number of rotatable bonds is 5.